The maximum Gasteiger partial charge on any atom is 0.266 e. The van der Waals surface area contributed by atoms with Crippen LogP contribution < -0.4 is 5.49 Å². The number of amides is 1. The van der Waals surface area contributed by atoms with Gasteiger partial charge in [0.15, 0.2) is 11.2 Å². The number of piperidine rings is 1. The number of rotatable bonds is 4. The smallest absolute Gasteiger partial charge is 0.266 e. The zero-order valence-corrected chi connectivity index (χ0v) is 20.1. The lowest BCUT2D eigenvalue weighted by molar-refractivity contribution is -0.131. The number of fused-ring (bicyclic) bond motifs is 3. The molecule has 1 saturated heterocycles. The van der Waals surface area contributed by atoms with Crippen LogP contribution in [0.25, 0.3) is 10.9 Å². The van der Waals surface area contributed by atoms with E-state index in [0.717, 1.165) is 36.8 Å². The van der Waals surface area contributed by atoms with Crippen molar-refractivity contribution in [2.45, 2.75) is 64.2 Å². The Morgan fingerprint density at radius 1 is 1.17 bits per heavy atom. The van der Waals surface area contributed by atoms with Gasteiger partial charge in [-0.15, -0.1) is 0 Å². The van der Waals surface area contributed by atoms with E-state index in [1.807, 2.05) is 4.57 Å². The summed E-state index contributed by atoms with van der Waals surface area (Å²) in [5.41, 5.74) is -1.03. The molecule has 1 atom stereocenters. The van der Waals surface area contributed by atoms with Crippen molar-refractivity contribution in [3.05, 3.63) is 64.4 Å². The second-order valence-corrected chi connectivity index (χ2v) is 9.52. The third-order valence-electron chi connectivity index (χ3n) is 7.26. The molecule has 1 amide bonds. The predicted molar refractivity (Wildman–Crippen MR) is 125 cm³/mol. The van der Waals surface area contributed by atoms with Gasteiger partial charge in [-0.3, -0.25) is 14.8 Å². The molecule has 6 nitrogen and oxygen atoms in total. The van der Waals surface area contributed by atoms with E-state index < -0.39 is 29.5 Å². The van der Waals surface area contributed by atoms with Crippen LogP contribution in [0.5, 0.6) is 0 Å². The number of hydrogen-bond acceptors (Lipinski definition) is 4. The quantitative estimate of drug-likeness (QED) is 0.477. The molecule has 2 aromatic heterocycles. The minimum atomic E-state index is -2.93. The van der Waals surface area contributed by atoms with Gasteiger partial charge in [0.2, 0.25) is 5.91 Å². The number of pyridine rings is 1. The number of halogens is 4. The van der Waals surface area contributed by atoms with Gasteiger partial charge in [0.1, 0.15) is 11.6 Å². The maximum absolute atomic E-state index is 16.0. The largest absolute Gasteiger partial charge is 0.343 e. The van der Waals surface area contributed by atoms with Gasteiger partial charge in [-0.25, -0.2) is 22.5 Å². The number of carbonyl (C=O) groups excluding carboxylic acids is 1. The normalized spacial score (nSPS) is 18.6. The first-order valence-corrected chi connectivity index (χ1v) is 12.1. The third kappa shape index (κ3) is 4.26. The van der Waals surface area contributed by atoms with Crippen LogP contribution in [0.1, 0.15) is 68.2 Å². The summed E-state index contributed by atoms with van der Waals surface area (Å²) in [6.45, 7) is 4.44. The van der Waals surface area contributed by atoms with E-state index in [4.69, 9.17) is 4.98 Å². The predicted octanol–water partition coefficient (Wildman–Crippen LogP) is 4.92. The Labute approximate surface area is 205 Å². The Morgan fingerprint density at radius 3 is 2.58 bits per heavy atom. The number of aromatic nitrogens is 3. The summed E-state index contributed by atoms with van der Waals surface area (Å²) in [6.07, 6.45) is 0.577. The highest BCUT2D eigenvalue weighted by atomic mass is 19.3. The van der Waals surface area contributed by atoms with Gasteiger partial charge in [-0.2, -0.15) is 0 Å². The first-order valence-electron chi connectivity index (χ1n) is 12.1. The number of aryl methyl sites for hydroxylation is 2. The van der Waals surface area contributed by atoms with Crippen molar-refractivity contribution in [2.24, 2.45) is 4.99 Å². The van der Waals surface area contributed by atoms with E-state index in [1.165, 1.54) is 19.1 Å². The molecule has 0 radical (unpaired) electrons. The van der Waals surface area contributed by atoms with Gasteiger partial charge in [0.05, 0.1) is 29.0 Å². The zero-order valence-electron chi connectivity index (χ0n) is 20.1. The van der Waals surface area contributed by atoms with Crippen LogP contribution >= 0.6 is 0 Å². The molecule has 0 bridgehead atoms. The molecule has 4 heterocycles. The molecular formula is C26H27F4N5O. The first kappa shape index (κ1) is 24.4. The van der Waals surface area contributed by atoms with E-state index in [2.05, 4.69) is 9.98 Å². The summed E-state index contributed by atoms with van der Waals surface area (Å²) in [6, 6.07) is 4.74. The van der Waals surface area contributed by atoms with Crippen LogP contribution in [-0.2, 0) is 23.4 Å². The number of hydrogen-bond donors (Lipinski definition) is 0. The van der Waals surface area contributed by atoms with Crippen LogP contribution in [0, 0.1) is 5.82 Å². The van der Waals surface area contributed by atoms with Crippen molar-refractivity contribution in [3.8, 4) is 0 Å². The summed E-state index contributed by atoms with van der Waals surface area (Å²) in [7, 11) is 0. The molecule has 0 N–H and O–H groups in total. The number of alkyl halides is 3. The first-order chi connectivity index (χ1) is 17.2. The third-order valence-corrected chi connectivity index (χ3v) is 7.26. The molecule has 36 heavy (non-hydrogen) atoms. The van der Waals surface area contributed by atoms with Gasteiger partial charge in [0, 0.05) is 56.8 Å². The lowest BCUT2D eigenvalue weighted by atomic mass is 9.89. The summed E-state index contributed by atoms with van der Waals surface area (Å²) >= 11 is 0. The molecule has 1 fully saturated rings. The average Bonchev–Trinajstić information content (AvgIpc) is 3.32. The number of nitrogens with zero attached hydrogens (tertiary/aromatic N) is 5. The van der Waals surface area contributed by atoms with Gasteiger partial charge in [-0.05, 0) is 19.4 Å². The Balaban J connectivity index is 1.61. The van der Waals surface area contributed by atoms with Crippen LogP contribution in [0.15, 0.2) is 35.5 Å². The Bertz CT molecular complexity index is 1400. The fraction of sp³-hybridized carbons (Fsp3) is 0.462. The van der Waals surface area contributed by atoms with Gasteiger partial charge in [0.25, 0.3) is 6.43 Å². The van der Waals surface area contributed by atoms with Crippen LogP contribution in [-0.4, -0.2) is 38.4 Å². The van der Waals surface area contributed by atoms with Crippen molar-refractivity contribution in [3.63, 3.8) is 0 Å². The van der Waals surface area contributed by atoms with E-state index in [1.54, 1.807) is 24.1 Å². The average molecular weight is 502 g/mol. The number of carbonyl (C=O) groups is 1. The standard InChI is InChI=1S/C26H27F4N5O/c1-15(17-5-3-6-18(23(17)27)24(28)29)32-25-19-13-21(26(30)8-11-34(12-9-26)16(2)36)31-14-20(19)35-10-4-7-22(35)33-25/h3,5-6,13-15,24H,4,7-12H2,1-2H3. The Hall–Kier alpha value is -3.30. The maximum atomic E-state index is 16.0. The number of benzene rings is 1. The highest BCUT2D eigenvalue weighted by Crippen LogP contribution is 2.37. The SMILES string of the molecule is CC(=O)N1CCC(F)(c2cc3c(=NC(C)c4cccc(C(F)F)c4F)nc4n(c3cn2)CCC4)CC1. The second-order valence-electron chi connectivity index (χ2n) is 9.52. The van der Waals surface area contributed by atoms with Crippen molar-refractivity contribution in [1.82, 2.24) is 19.4 Å². The fourth-order valence-corrected chi connectivity index (χ4v) is 5.15. The Kier molecular flexibility index (Phi) is 6.30. The number of likely N-dealkylation sites (tertiary alicyclic amines) is 1. The second kappa shape index (κ2) is 9.29. The topological polar surface area (TPSA) is 63.4 Å². The molecule has 0 aliphatic carbocycles. The molecule has 3 aromatic rings. The summed E-state index contributed by atoms with van der Waals surface area (Å²) in [5.74, 6) is -0.265. The van der Waals surface area contributed by atoms with Gasteiger partial charge >= 0.3 is 0 Å². The lowest BCUT2D eigenvalue weighted by Gasteiger charge is -2.35. The van der Waals surface area contributed by atoms with Crippen molar-refractivity contribution in [1.29, 1.82) is 0 Å². The van der Waals surface area contributed by atoms with Crippen LogP contribution in [0.4, 0.5) is 17.6 Å². The molecule has 1 aromatic carbocycles. The lowest BCUT2D eigenvalue weighted by Crippen LogP contribution is -2.42. The van der Waals surface area contributed by atoms with E-state index in [9.17, 15) is 18.0 Å². The highest BCUT2D eigenvalue weighted by Gasteiger charge is 2.38. The van der Waals surface area contributed by atoms with E-state index in [-0.39, 0.29) is 30.0 Å². The summed E-state index contributed by atoms with van der Waals surface area (Å²) < 4.78 is 59.3. The zero-order chi connectivity index (χ0) is 25.6. The molecule has 10 heteroatoms. The summed E-state index contributed by atoms with van der Waals surface area (Å²) in [5, 5.41) is 0.578. The van der Waals surface area contributed by atoms with Crippen molar-refractivity contribution >= 4 is 16.8 Å². The van der Waals surface area contributed by atoms with Gasteiger partial charge < -0.3 is 9.47 Å². The monoisotopic (exact) mass is 501 g/mol. The fourth-order valence-electron chi connectivity index (χ4n) is 5.15. The molecule has 1 unspecified atom stereocenters. The minimum Gasteiger partial charge on any atom is -0.343 e. The Morgan fingerprint density at radius 2 is 1.89 bits per heavy atom. The van der Waals surface area contributed by atoms with E-state index >= 15 is 4.39 Å². The van der Waals surface area contributed by atoms with Gasteiger partial charge in [-0.1, -0.05) is 18.2 Å². The van der Waals surface area contributed by atoms with Crippen LogP contribution in [0.2, 0.25) is 0 Å². The molecule has 190 valence electrons. The van der Waals surface area contributed by atoms with Crippen molar-refractivity contribution in [2.75, 3.05) is 13.1 Å². The molecule has 2 aliphatic rings. The molecule has 5 rings (SSSR count). The van der Waals surface area contributed by atoms with Crippen LogP contribution in [0.3, 0.4) is 0 Å². The molecule has 2 aliphatic heterocycles. The van der Waals surface area contributed by atoms with Crippen molar-refractivity contribution < 1.29 is 22.4 Å². The molecular weight excluding hydrogens is 474 g/mol. The minimum absolute atomic E-state index is 0.0451. The summed E-state index contributed by atoms with van der Waals surface area (Å²) in [4.78, 5) is 27.1. The highest BCUT2D eigenvalue weighted by molar-refractivity contribution is 5.78. The molecule has 0 spiro atoms. The molecule has 0 saturated carbocycles. The van der Waals surface area contributed by atoms with E-state index in [0.29, 0.717) is 24.0 Å².